The number of benzene rings is 3. The van der Waals surface area contributed by atoms with Crippen LogP contribution < -0.4 is 30.2 Å². The third-order valence-electron chi connectivity index (χ3n) is 4.58. The monoisotopic (exact) mass is 447 g/mol. The number of nitrogens with one attached hydrogen (secondary N) is 3. The van der Waals surface area contributed by atoms with Crippen LogP contribution in [-0.2, 0) is 4.79 Å². The van der Waals surface area contributed by atoms with Crippen molar-refractivity contribution in [2.75, 3.05) is 30.5 Å². The number of imide groups is 1. The number of carbonyl (C=O) groups excluding carboxylic acids is 3. The van der Waals surface area contributed by atoms with E-state index in [1.54, 1.807) is 66.7 Å². The largest absolute Gasteiger partial charge is 0.486 e. The van der Waals surface area contributed by atoms with Gasteiger partial charge in [-0.2, -0.15) is 0 Å². The van der Waals surface area contributed by atoms with Gasteiger partial charge in [0.2, 0.25) is 0 Å². The van der Waals surface area contributed by atoms with Crippen molar-refractivity contribution in [1.82, 2.24) is 5.32 Å². The zero-order chi connectivity index (χ0) is 23.0. The first kappa shape index (κ1) is 21.7. The van der Waals surface area contributed by atoms with E-state index >= 15 is 0 Å². The Hall–Kier alpha value is -4.53. The lowest BCUT2D eigenvalue weighted by atomic mass is 10.2. The predicted octanol–water partition coefficient (Wildman–Crippen LogP) is 3.44. The first-order valence-corrected chi connectivity index (χ1v) is 10.2. The molecule has 0 saturated heterocycles. The van der Waals surface area contributed by atoms with Gasteiger partial charge >= 0.3 is 6.03 Å². The SMILES string of the molecule is O=C(COc1ccccc1C(=O)Nc1ccccc1)NC(=O)Nc1ccc2c(c1)OCCO2. The van der Waals surface area contributed by atoms with Crippen molar-refractivity contribution < 1.29 is 28.6 Å². The Labute approximate surface area is 189 Å². The summed E-state index contributed by atoms with van der Waals surface area (Å²) in [7, 11) is 0. The lowest BCUT2D eigenvalue weighted by Gasteiger charge is -2.19. The number of urea groups is 1. The number of anilines is 2. The Morgan fingerprint density at radius 3 is 2.33 bits per heavy atom. The molecule has 9 nitrogen and oxygen atoms in total. The van der Waals surface area contributed by atoms with Gasteiger partial charge in [0.25, 0.3) is 11.8 Å². The van der Waals surface area contributed by atoms with Crippen molar-refractivity contribution in [3.63, 3.8) is 0 Å². The molecule has 0 atom stereocenters. The normalized spacial score (nSPS) is 11.8. The molecule has 9 heteroatoms. The average molecular weight is 447 g/mol. The highest BCUT2D eigenvalue weighted by atomic mass is 16.6. The van der Waals surface area contributed by atoms with Crippen LogP contribution in [0.1, 0.15) is 10.4 Å². The molecular formula is C24H21N3O6. The number of hydrogen-bond acceptors (Lipinski definition) is 6. The minimum Gasteiger partial charge on any atom is -0.486 e. The number of para-hydroxylation sites is 2. The molecule has 4 amide bonds. The summed E-state index contributed by atoms with van der Waals surface area (Å²) in [6, 6.07) is 19.7. The number of hydrogen-bond donors (Lipinski definition) is 3. The smallest absolute Gasteiger partial charge is 0.325 e. The number of fused-ring (bicyclic) bond motifs is 1. The zero-order valence-corrected chi connectivity index (χ0v) is 17.5. The minimum atomic E-state index is -0.726. The molecule has 0 spiro atoms. The Kier molecular flexibility index (Phi) is 6.70. The maximum absolute atomic E-state index is 12.6. The molecule has 1 heterocycles. The van der Waals surface area contributed by atoms with Crippen LogP contribution in [0.15, 0.2) is 72.8 Å². The van der Waals surface area contributed by atoms with Crippen molar-refractivity contribution in [2.45, 2.75) is 0 Å². The van der Waals surface area contributed by atoms with Crippen LogP contribution >= 0.6 is 0 Å². The zero-order valence-electron chi connectivity index (χ0n) is 17.5. The average Bonchev–Trinajstić information content (AvgIpc) is 2.83. The summed E-state index contributed by atoms with van der Waals surface area (Å²) >= 11 is 0. The summed E-state index contributed by atoms with van der Waals surface area (Å²) in [5, 5.41) is 7.50. The predicted molar refractivity (Wildman–Crippen MR) is 121 cm³/mol. The van der Waals surface area contributed by atoms with Gasteiger partial charge < -0.3 is 24.8 Å². The highest BCUT2D eigenvalue weighted by molar-refractivity contribution is 6.06. The van der Waals surface area contributed by atoms with Gasteiger partial charge in [-0.05, 0) is 36.4 Å². The second kappa shape index (κ2) is 10.2. The van der Waals surface area contributed by atoms with E-state index < -0.39 is 18.5 Å². The lowest BCUT2D eigenvalue weighted by Crippen LogP contribution is -2.37. The molecule has 0 unspecified atom stereocenters. The van der Waals surface area contributed by atoms with Crippen LogP contribution in [0.4, 0.5) is 16.2 Å². The van der Waals surface area contributed by atoms with E-state index in [4.69, 9.17) is 14.2 Å². The fourth-order valence-electron chi connectivity index (χ4n) is 3.09. The Balaban J connectivity index is 1.31. The molecule has 0 aromatic heterocycles. The van der Waals surface area contributed by atoms with Gasteiger partial charge in [0.05, 0.1) is 5.56 Å². The molecule has 33 heavy (non-hydrogen) atoms. The number of ether oxygens (including phenoxy) is 3. The third-order valence-corrected chi connectivity index (χ3v) is 4.58. The van der Waals surface area contributed by atoms with Crippen LogP contribution in [0.3, 0.4) is 0 Å². The number of carbonyl (C=O) groups is 3. The summed E-state index contributed by atoms with van der Waals surface area (Å²) in [4.78, 5) is 36.9. The first-order valence-electron chi connectivity index (χ1n) is 10.2. The van der Waals surface area contributed by atoms with Crippen LogP contribution in [0.25, 0.3) is 0 Å². The van der Waals surface area contributed by atoms with Gasteiger partial charge in [-0.3, -0.25) is 14.9 Å². The van der Waals surface area contributed by atoms with E-state index in [0.29, 0.717) is 36.1 Å². The van der Waals surface area contributed by atoms with Crippen LogP contribution in [0.2, 0.25) is 0 Å². The molecule has 0 aliphatic carbocycles. The fraction of sp³-hybridized carbons (Fsp3) is 0.125. The van der Waals surface area contributed by atoms with Gasteiger partial charge in [0, 0.05) is 17.4 Å². The van der Waals surface area contributed by atoms with E-state index in [1.165, 1.54) is 0 Å². The van der Waals surface area contributed by atoms with Gasteiger partial charge in [-0.25, -0.2) is 4.79 Å². The van der Waals surface area contributed by atoms with Crippen molar-refractivity contribution in [1.29, 1.82) is 0 Å². The standard InChI is InChI=1S/C24H21N3O6/c28-22(27-24(30)26-17-10-11-20-21(14-17)32-13-12-31-20)15-33-19-9-5-4-8-18(19)23(29)25-16-6-2-1-3-7-16/h1-11,14H,12-13,15H2,(H,25,29)(H2,26,27,28,30). The fourth-order valence-corrected chi connectivity index (χ4v) is 3.09. The molecule has 1 aliphatic heterocycles. The molecule has 3 aromatic carbocycles. The van der Waals surface area contributed by atoms with E-state index in [-0.39, 0.29) is 17.2 Å². The van der Waals surface area contributed by atoms with E-state index in [2.05, 4.69) is 16.0 Å². The summed E-state index contributed by atoms with van der Waals surface area (Å²) in [6.45, 7) is 0.430. The lowest BCUT2D eigenvalue weighted by molar-refractivity contribution is -0.121. The van der Waals surface area contributed by atoms with E-state index in [0.717, 1.165) is 0 Å². The number of rotatable bonds is 6. The van der Waals surface area contributed by atoms with E-state index in [1.807, 2.05) is 6.07 Å². The van der Waals surface area contributed by atoms with Crippen molar-refractivity contribution in [2.24, 2.45) is 0 Å². The molecule has 3 aromatic rings. The summed E-state index contributed by atoms with van der Waals surface area (Å²) in [5.41, 5.74) is 1.33. The molecule has 0 saturated carbocycles. The van der Waals surface area contributed by atoms with Crippen LogP contribution in [0, 0.1) is 0 Å². The summed E-state index contributed by atoms with van der Waals surface area (Å²) < 4.78 is 16.4. The maximum atomic E-state index is 12.6. The van der Waals surface area contributed by atoms with E-state index in [9.17, 15) is 14.4 Å². The molecule has 0 fully saturated rings. The molecule has 0 radical (unpaired) electrons. The van der Waals surface area contributed by atoms with Crippen molar-refractivity contribution >= 4 is 29.2 Å². The first-order chi connectivity index (χ1) is 16.1. The summed E-state index contributed by atoms with van der Waals surface area (Å²) in [5.74, 6) is 0.260. The van der Waals surface area contributed by atoms with Gasteiger partial charge in [-0.15, -0.1) is 0 Å². The Morgan fingerprint density at radius 1 is 0.788 bits per heavy atom. The Morgan fingerprint density at radius 2 is 1.52 bits per heavy atom. The molecular weight excluding hydrogens is 426 g/mol. The third kappa shape index (κ3) is 5.79. The molecule has 0 bridgehead atoms. The highest BCUT2D eigenvalue weighted by Gasteiger charge is 2.16. The summed E-state index contributed by atoms with van der Waals surface area (Å²) in [6.07, 6.45) is 0. The maximum Gasteiger partial charge on any atom is 0.325 e. The minimum absolute atomic E-state index is 0.216. The topological polar surface area (TPSA) is 115 Å². The molecule has 3 N–H and O–H groups in total. The second-order valence-electron chi connectivity index (χ2n) is 6.97. The van der Waals surface area contributed by atoms with Crippen molar-refractivity contribution in [3.05, 3.63) is 78.4 Å². The molecule has 168 valence electrons. The van der Waals surface area contributed by atoms with Crippen molar-refractivity contribution in [3.8, 4) is 17.2 Å². The van der Waals surface area contributed by atoms with Crippen LogP contribution in [0.5, 0.6) is 17.2 Å². The highest BCUT2D eigenvalue weighted by Crippen LogP contribution is 2.32. The Bertz CT molecular complexity index is 1170. The van der Waals surface area contributed by atoms with Gasteiger partial charge in [0.15, 0.2) is 18.1 Å². The van der Waals surface area contributed by atoms with Crippen LogP contribution in [-0.4, -0.2) is 37.7 Å². The van der Waals surface area contributed by atoms with Gasteiger partial charge in [-0.1, -0.05) is 30.3 Å². The quantitative estimate of drug-likeness (QED) is 0.533. The number of amides is 4. The second-order valence-corrected chi connectivity index (χ2v) is 6.97. The van der Waals surface area contributed by atoms with Gasteiger partial charge in [0.1, 0.15) is 19.0 Å². The molecule has 1 aliphatic rings. The molecule has 4 rings (SSSR count).